The van der Waals surface area contributed by atoms with E-state index in [0.717, 1.165) is 0 Å². The van der Waals surface area contributed by atoms with Crippen molar-refractivity contribution in [2.45, 2.75) is 212 Å². The van der Waals surface area contributed by atoms with Crippen molar-refractivity contribution in [2.75, 3.05) is 0 Å². The summed E-state index contributed by atoms with van der Waals surface area (Å²) in [5.74, 6) is 0. The first kappa shape index (κ1) is 45.5. The SMILES string of the molecule is CCCCC.CCCCC.CCCCC.CCCCC.CCCCC.CCCCCCC. The molecular weight excluding hydrogens is 384 g/mol. The fourth-order valence-corrected chi connectivity index (χ4v) is 2.44. The highest BCUT2D eigenvalue weighted by atomic mass is 13.9. The Labute approximate surface area is 211 Å². The average Bonchev–Trinajstić information content (AvgIpc) is 2.79. The van der Waals surface area contributed by atoms with Crippen molar-refractivity contribution in [1.29, 1.82) is 0 Å². The van der Waals surface area contributed by atoms with Gasteiger partial charge < -0.3 is 0 Å². The summed E-state index contributed by atoms with van der Waals surface area (Å²) in [6.45, 7) is 26.6. The van der Waals surface area contributed by atoms with Gasteiger partial charge in [-0.05, 0) is 0 Å². The van der Waals surface area contributed by atoms with E-state index in [0.29, 0.717) is 0 Å². The van der Waals surface area contributed by atoms with Crippen LogP contribution in [0, 0.1) is 0 Å². The van der Waals surface area contributed by atoms with Gasteiger partial charge in [0, 0.05) is 0 Å². The van der Waals surface area contributed by atoms with E-state index < -0.39 is 0 Å². The summed E-state index contributed by atoms with van der Waals surface area (Å²) >= 11 is 0. The Balaban J connectivity index is -0.0000000637. The Bertz CT molecular complexity index is 124. The van der Waals surface area contributed by atoms with Gasteiger partial charge in [0.05, 0.1) is 0 Å². The van der Waals surface area contributed by atoms with Gasteiger partial charge in [0.1, 0.15) is 0 Å². The molecule has 0 rings (SSSR count). The summed E-state index contributed by atoms with van der Waals surface area (Å²) < 4.78 is 0. The van der Waals surface area contributed by atoms with Gasteiger partial charge in [-0.2, -0.15) is 0 Å². The van der Waals surface area contributed by atoms with Crippen LogP contribution in [0.3, 0.4) is 0 Å². The lowest BCUT2D eigenvalue weighted by Gasteiger charge is -1.90. The smallest absolute Gasteiger partial charge is 0.0533 e. The summed E-state index contributed by atoms with van der Waals surface area (Å²) in [5, 5.41) is 0. The second kappa shape index (κ2) is 69.8. The highest BCUT2D eigenvalue weighted by Crippen LogP contribution is 2.00. The molecule has 0 radical (unpaired) electrons. The van der Waals surface area contributed by atoms with E-state index in [1.807, 2.05) is 0 Å². The molecule has 0 nitrogen and oxygen atoms in total. The molecule has 0 unspecified atom stereocenters. The van der Waals surface area contributed by atoms with E-state index in [4.69, 9.17) is 0 Å². The molecular formula is C32H76. The quantitative estimate of drug-likeness (QED) is 0.226. The van der Waals surface area contributed by atoms with Gasteiger partial charge in [-0.3, -0.25) is 0 Å². The molecule has 0 heteroatoms. The van der Waals surface area contributed by atoms with Crippen LogP contribution >= 0.6 is 0 Å². The third-order valence-electron chi connectivity index (χ3n) is 4.74. The van der Waals surface area contributed by atoms with Crippen LogP contribution in [0.5, 0.6) is 0 Å². The maximum atomic E-state index is 2.25. The topological polar surface area (TPSA) is 0 Å². The summed E-state index contributed by atoms with van der Waals surface area (Å²) in [4.78, 5) is 0. The lowest BCUT2D eigenvalue weighted by atomic mass is 10.2. The maximum absolute atomic E-state index is 2.25. The summed E-state index contributed by atoms with van der Waals surface area (Å²) in [7, 11) is 0. The largest absolute Gasteiger partial charge is 0.0654 e. The fourth-order valence-electron chi connectivity index (χ4n) is 2.44. The lowest BCUT2D eigenvalue weighted by Crippen LogP contribution is -1.70. The number of rotatable bonds is 14. The van der Waals surface area contributed by atoms with E-state index in [2.05, 4.69) is 83.1 Å². The van der Waals surface area contributed by atoms with Crippen molar-refractivity contribution in [3.05, 3.63) is 0 Å². The van der Waals surface area contributed by atoms with Crippen LogP contribution in [0.25, 0.3) is 0 Å². The van der Waals surface area contributed by atoms with E-state index in [1.165, 1.54) is 128 Å². The highest BCUT2D eigenvalue weighted by molar-refractivity contribution is 4.36. The molecule has 0 aliphatic carbocycles. The third-order valence-corrected chi connectivity index (χ3v) is 4.74. The maximum Gasteiger partial charge on any atom is -0.0533 e. The van der Waals surface area contributed by atoms with Crippen LogP contribution in [0.4, 0.5) is 0 Å². The normalized spacial score (nSPS) is 8.62. The van der Waals surface area contributed by atoms with Crippen LogP contribution in [-0.2, 0) is 0 Å². The Hall–Kier alpha value is 0. The number of unbranched alkanes of at least 4 members (excludes halogenated alkanes) is 14. The Morgan fingerprint density at radius 1 is 0.156 bits per heavy atom. The molecule has 0 aromatic carbocycles. The van der Waals surface area contributed by atoms with Crippen LogP contribution in [0.15, 0.2) is 0 Å². The molecule has 0 aromatic heterocycles. The van der Waals surface area contributed by atoms with Crippen molar-refractivity contribution in [1.82, 2.24) is 0 Å². The molecule has 0 heterocycles. The Morgan fingerprint density at radius 3 is 0.344 bits per heavy atom. The summed E-state index contributed by atoms with van der Waals surface area (Å²) in [6.07, 6.45) is 27.4. The van der Waals surface area contributed by atoms with Gasteiger partial charge in [0.15, 0.2) is 0 Å². The summed E-state index contributed by atoms with van der Waals surface area (Å²) in [6, 6.07) is 0. The molecule has 0 saturated heterocycles. The fraction of sp³-hybridized carbons (Fsp3) is 1.00. The first-order valence-electron chi connectivity index (χ1n) is 15.5. The molecule has 0 aromatic rings. The predicted octanol–water partition coefficient (Wildman–Crippen LogP) is 14.0. The van der Waals surface area contributed by atoms with Gasteiger partial charge in [-0.15, -0.1) is 0 Å². The molecule has 0 aliphatic rings. The molecule has 0 bridgehead atoms. The van der Waals surface area contributed by atoms with Crippen LogP contribution < -0.4 is 0 Å². The van der Waals surface area contributed by atoms with Gasteiger partial charge in [0.25, 0.3) is 0 Å². The van der Waals surface area contributed by atoms with Crippen LogP contribution in [-0.4, -0.2) is 0 Å². The van der Waals surface area contributed by atoms with E-state index in [1.54, 1.807) is 0 Å². The lowest BCUT2D eigenvalue weighted by molar-refractivity contribution is 0.656. The molecule has 0 spiro atoms. The summed E-state index contributed by atoms with van der Waals surface area (Å²) in [5.41, 5.74) is 0. The minimum atomic E-state index is 1.34. The molecule has 0 amide bonds. The van der Waals surface area contributed by atoms with E-state index in [9.17, 15) is 0 Å². The molecule has 0 aliphatic heterocycles. The molecule has 204 valence electrons. The van der Waals surface area contributed by atoms with Crippen molar-refractivity contribution < 1.29 is 0 Å². The zero-order chi connectivity index (χ0) is 26.1. The average molecular weight is 461 g/mol. The zero-order valence-electron chi connectivity index (χ0n) is 26.1. The monoisotopic (exact) mass is 461 g/mol. The second-order valence-corrected chi connectivity index (χ2v) is 8.83. The number of hydrogen-bond acceptors (Lipinski definition) is 0. The molecule has 32 heavy (non-hydrogen) atoms. The molecule has 0 saturated carbocycles. The molecule has 0 N–H and O–H groups in total. The zero-order valence-corrected chi connectivity index (χ0v) is 26.1. The van der Waals surface area contributed by atoms with Crippen molar-refractivity contribution in [3.63, 3.8) is 0 Å². The first-order chi connectivity index (χ1) is 15.5. The minimum Gasteiger partial charge on any atom is -0.0654 e. The minimum absolute atomic E-state index is 1.34. The standard InChI is InChI=1S/C7H16.5C5H12/c1-3-5-7-6-4-2;5*1-3-5-4-2/h3-7H2,1-2H3;5*3-5H2,1-2H3. The van der Waals surface area contributed by atoms with Gasteiger partial charge >= 0.3 is 0 Å². The van der Waals surface area contributed by atoms with Gasteiger partial charge in [-0.1, -0.05) is 212 Å². The van der Waals surface area contributed by atoms with Crippen molar-refractivity contribution in [2.24, 2.45) is 0 Å². The van der Waals surface area contributed by atoms with Crippen molar-refractivity contribution >= 4 is 0 Å². The van der Waals surface area contributed by atoms with Crippen molar-refractivity contribution in [3.8, 4) is 0 Å². The Kier molecular flexibility index (Phi) is 99.2. The predicted molar refractivity (Wildman–Crippen MR) is 160 cm³/mol. The highest BCUT2D eigenvalue weighted by Gasteiger charge is 1.80. The van der Waals surface area contributed by atoms with Crippen LogP contribution in [0.1, 0.15) is 212 Å². The molecule has 0 atom stereocenters. The number of hydrogen-bond donors (Lipinski definition) is 0. The van der Waals surface area contributed by atoms with Crippen LogP contribution in [0.2, 0.25) is 0 Å². The van der Waals surface area contributed by atoms with E-state index >= 15 is 0 Å². The van der Waals surface area contributed by atoms with E-state index in [-0.39, 0.29) is 0 Å². The third kappa shape index (κ3) is 129. The first-order valence-corrected chi connectivity index (χ1v) is 15.5. The Morgan fingerprint density at radius 2 is 0.281 bits per heavy atom. The second-order valence-electron chi connectivity index (χ2n) is 8.83. The molecule has 0 fully saturated rings. The van der Waals surface area contributed by atoms with Gasteiger partial charge in [0.2, 0.25) is 0 Å². The van der Waals surface area contributed by atoms with Gasteiger partial charge in [-0.25, -0.2) is 0 Å².